The number of hydrogen-bond acceptors (Lipinski definition) is 6. The lowest BCUT2D eigenvalue weighted by Gasteiger charge is -2.31. The Hall–Kier alpha value is -2.49. The number of anilines is 1. The van der Waals surface area contributed by atoms with Crippen molar-refractivity contribution in [1.29, 1.82) is 0 Å². The van der Waals surface area contributed by atoms with E-state index < -0.39 is 10.0 Å². The Morgan fingerprint density at radius 1 is 1.16 bits per heavy atom. The van der Waals surface area contributed by atoms with Crippen LogP contribution in [0.5, 0.6) is 5.75 Å². The van der Waals surface area contributed by atoms with Crippen LogP contribution >= 0.6 is 11.3 Å². The SMILES string of the molecule is O=C(Nc1ccc2scnc2c1)C1CCN(S(=O)(=O)c2ccc3c(c2)CCCO3)CC1. The highest BCUT2D eigenvalue weighted by Crippen LogP contribution is 2.30. The molecule has 0 bridgehead atoms. The first-order valence-electron chi connectivity index (χ1n) is 10.4. The van der Waals surface area contributed by atoms with E-state index in [9.17, 15) is 13.2 Å². The van der Waals surface area contributed by atoms with Crippen LogP contribution in [0.25, 0.3) is 10.2 Å². The van der Waals surface area contributed by atoms with Gasteiger partial charge in [0, 0.05) is 24.7 Å². The highest BCUT2D eigenvalue weighted by Gasteiger charge is 2.32. The molecule has 0 atom stereocenters. The van der Waals surface area contributed by atoms with Gasteiger partial charge in [-0.25, -0.2) is 13.4 Å². The molecule has 3 heterocycles. The zero-order chi connectivity index (χ0) is 21.4. The summed E-state index contributed by atoms with van der Waals surface area (Å²) in [5, 5.41) is 2.96. The minimum absolute atomic E-state index is 0.0717. The van der Waals surface area contributed by atoms with E-state index in [1.165, 1.54) is 4.31 Å². The minimum atomic E-state index is -3.58. The van der Waals surface area contributed by atoms with Gasteiger partial charge in [-0.2, -0.15) is 4.31 Å². The maximum absolute atomic E-state index is 13.1. The molecule has 5 rings (SSSR count). The van der Waals surface area contributed by atoms with Crippen LogP contribution < -0.4 is 10.1 Å². The van der Waals surface area contributed by atoms with E-state index in [0.29, 0.717) is 37.4 Å². The summed E-state index contributed by atoms with van der Waals surface area (Å²) >= 11 is 1.56. The van der Waals surface area contributed by atoms with Crippen LogP contribution in [-0.2, 0) is 21.2 Å². The van der Waals surface area contributed by atoms with E-state index in [1.807, 2.05) is 18.2 Å². The molecule has 1 N–H and O–H groups in total. The lowest BCUT2D eigenvalue weighted by Crippen LogP contribution is -2.41. The van der Waals surface area contributed by atoms with Crippen molar-refractivity contribution in [2.75, 3.05) is 25.0 Å². The zero-order valence-corrected chi connectivity index (χ0v) is 18.5. The lowest BCUT2D eigenvalue weighted by atomic mass is 9.97. The maximum Gasteiger partial charge on any atom is 0.243 e. The van der Waals surface area contributed by atoms with Crippen molar-refractivity contribution in [3.63, 3.8) is 0 Å². The molecule has 0 aliphatic carbocycles. The van der Waals surface area contributed by atoms with Gasteiger partial charge in [0.1, 0.15) is 5.75 Å². The molecule has 0 spiro atoms. The van der Waals surface area contributed by atoms with Crippen LogP contribution in [0.15, 0.2) is 46.8 Å². The summed E-state index contributed by atoms with van der Waals surface area (Å²) in [6.07, 6.45) is 2.72. The van der Waals surface area contributed by atoms with Crippen LogP contribution in [0.4, 0.5) is 5.69 Å². The highest BCUT2D eigenvalue weighted by atomic mass is 32.2. The van der Waals surface area contributed by atoms with Crippen LogP contribution in [-0.4, -0.2) is 43.3 Å². The fourth-order valence-electron chi connectivity index (χ4n) is 4.18. The summed E-state index contributed by atoms with van der Waals surface area (Å²) in [5.74, 6) is 0.489. The molecule has 162 valence electrons. The van der Waals surface area contributed by atoms with Gasteiger partial charge in [0.15, 0.2) is 0 Å². The molecule has 1 fully saturated rings. The molecule has 3 aromatic rings. The van der Waals surface area contributed by atoms with Gasteiger partial charge in [0.2, 0.25) is 15.9 Å². The van der Waals surface area contributed by atoms with Gasteiger partial charge in [-0.1, -0.05) is 0 Å². The number of sulfonamides is 1. The number of fused-ring (bicyclic) bond motifs is 2. The summed E-state index contributed by atoms with van der Waals surface area (Å²) < 4.78 is 34.4. The summed E-state index contributed by atoms with van der Waals surface area (Å²) in [5.41, 5.74) is 4.30. The Morgan fingerprint density at radius 3 is 2.84 bits per heavy atom. The Balaban J connectivity index is 1.23. The first-order valence-corrected chi connectivity index (χ1v) is 12.7. The Bertz CT molecular complexity index is 1230. The number of thiazole rings is 1. The van der Waals surface area contributed by atoms with Gasteiger partial charge < -0.3 is 10.1 Å². The van der Waals surface area contributed by atoms with Gasteiger partial charge in [-0.3, -0.25) is 4.79 Å². The van der Waals surface area contributed by atoms with Crippen molar-refractivity contribution < 1.29 is 17.9 Å². The number of aryl methyl sites for hydroxylation is 1. The van der Waals surface area contributed by atoms with E-state index in [4.69, 9.17) is 4.74 Å². The number of aromatic nitrogens is 1. The van der Waals surface area contributed by atoms with Crippen molar-refractivity contribution in [2.24, 2.45) is 5.92 Å². The van der Waals surface area contributed by atoms with Crippen LogP contribution in [0.2, 0.25) is 0 Å². The fourth-order valence-corrected chi connectivity index (χ4v) is 6.36. The molecule has 1 aromatic heterocycles. The Kier molecular flexibility index (Phi) is 5.41. The van der Waals surface area contributed by atoms with Crippen molar-refractivity contribution in [3.8, 4) is 5.75 Å². The normalized spacial score (nSPS) is 17.8. The number of amides is 1. The zero-order valence-electron chi connectivity index (χ0n) is 16.9. The van der Waals surface area contributed by atoms with Crippen molar-refractivity contribution in [1.82, 2.24) is 9.29 Å². The van der Waals surface area contributed by atoms with E-state index in [-0.39, 0.29) is 11.8 Å². The number of hydrogen-bond donors (Lipinski definition) is 1. The average molecular weight is 458 g/mol. The third-order valence-electron chi connectivity index (χ3n) is 5.94. The molecule has 2 aliphatic heterocycles. The molecule has 2 aromatic carbocycles. The number of carbonyl (C=O) groups excluding carboxylic acids is 1. The van der Waals surface area contributed by atoms with E-state index in [1.54, 1.807) is 35.0 Å². The van der Waals surface area contributed by atoms with Gasteiger partial charge in [0.05, 0.1) is 27.2 Å². The smallest absolute Gasteiger partial charge is 0.243 e. The summed E-state index contributed by atoms with van der Waals surface area (Å²) in [4.78, 5) is 17.3. The maximum atomic E-state index is 13.1. The first-order chi connectivity index (χ1) is 15.0. The van der Waals surface area contributed by atoms with Crippen molar-refractivity contribution in [2.45, 2.75) is 30.6 Å². The number of ether oxygens (including phenoxy) is 1. The van der Waals surface area contributed by atoms with Crippen molar-refractivity contribution >= 4 is 43.2 Å². The second-order valence-electron chi connectivity index (χ2n) is 7.92. The molecule has 31 heavy (non-hydrogen) atoms. The minimum Gasteiger partial charge on any atom is -0.493 e. The van der Waals surface area contributed by atoms with Crippen LogP contribution in [0.3, 0.4) is 0 Å². The van der Waals surface area contributed by atoms with Gasteiger partial charge in [-0.05, 0) is 67.6 Å². The average Bonchev–Trinajstić information content (AvgIpc) is 3.27. The number of piperidine rings is 1. The summed E-state index contributed by atoms with van der Waals surface area (Å²) in [6.45, 7) is 1.34. The third kappa shape index (κ3) is 4.05. The molecule has 0 unspecified atom stereocenters. The largest absolute Gasteiger partial charge is 0.493 e. The number of benzene rings is 2. The van der Waals surface area contributed by atoms with E-state index >= 15 is 0 Å². The van der Waals surface area contributed by atoms with Crippen LogP contribution in [0, 0.1) is 5.92 Å². The monoisotopic (exact) mass is 457 g/mol. The lowest BCUT2D eigenvalue weighted by molar-refractivity contribution is -0.120. The van der Waals surface area contributed by atoms with E-state index in [0.717, 1.165) is 40.1 Å². The molecule has 9 heteroatoms. The number of carbonyl (C=O) groups is 1. The van der Waals surface area contributed by atoms with Crippen molar-refractivity contribution in [3.05, 3.63) is 47.5 Å². The molecule has 7 nitrogen and oxygen atoms in total. The van der Waals surface area contributed by atoms with Crippen LogP contribution in [0.1, 0.15) is 24.8 Å². The third-order valence-corrected chi connectivity index (χ3v) is 8.65. The Morgan fingerprint density at radius 2 is 2.00 bits per heavy atom. The van der Waals surface area contributed by atoms with Gasteiger partial charge >= 0.3 is 0 Å². The predicted octanol–water partition coefficient (Wildman–Crippen LogP) is 3.66. The molecule has 2 aliphatic rings. The quantitative estimate of drug-likeness (QED) is 0.646. The molecule has 0 saturated carbocycles. The molecule has 0 radical (unpaired) electrons. The summed E-state index contributed by atoms with van der Waals surface area (Å²) in [7, 11) is -3.58. The second kappa shape index (κ2) is 8.22. The topological polar surface area (TPSA) is 88.6 Å². The predicted molar refractivity (Wildman–Crippen MR) is 120 cm³/mol. The fraction of sp³-hybridized carbons (Fsp3) is 0.364. The number of nitrogens with one attached hydrogen (secondary N) is 1. The first kappa shape index (κ1) is 20.4. The second-order valence-corrected chi connectivity index (χ2v) is 10.7. The molecular weight excluding hydrogens is 434 g/mol. The molecule has 1 saturated heterocycles. The van der Waals surface area contributed by atoms with E-state index in [2.05, 4.69) is 10.3 Å². The summed E-state index contributed by atoms with van der Waals surface area (Å²) in [6, 6.07) is 10.8. The number of rotatable bonds is 4. The molecule has 1 amide bonds. The highest BCUT2D eigenvalue weighted by molar-refractivity contribution is 7.89. The van der Waals surface area contributed by atoms with Gasteiger partial charge in [-0.15, -0.1) is 11.3 Å². The number of nitrogens with zero attached hydrogens (tertiary/aromatic N) is 2. The molecular formula is C22H23N3O4S2. The Labute approximate surface area is 185 Å². The van der Waals surface area contributed by atoms with Gasteiger partial charge in [0.25, 0.3) is 0 Å². The standard InChI is InChI=1S/C22H23N3O4S2/c26-22(24-17-3-6-21-19(13-17)23-14-30-21)15-7-9-25(10-8-15)31(27,28)18-4-5-20-16(12-18)2-1-11-29-20/h3-6,12-15H,1-2,7-11H2,(H,24,26).